The normalized spacial score (nSPS) is 10.8. The Balaban J connectivity index is 0.000000934. The molecule has 1 aromatic heterocycles. The average Bonchev–Trinajstić information content (AvgIpc) is 3.23. The summed E-state index contributed by atoms with van der Waals surface area (Å²) in [6.07, 6.45) is 1.41. The highest BCUT2D eigenvalue weighted by Gasteiger charge is 2.20. The van der Waals surface area contributed by atoms with Crippen molar-refractivity contribution in [2.45, 2.75) is 44.9 Å². The molecular weight excluding hydrogens is 500 g/mol. The molecule has 1 heterocycles. The molecule has 4 aromatic rings. The summed E-state index contributed by atoms with van der Waals surface area (Å²) in [5, 5.41) is 4.44. The second-order valence-corrected chi connectivity index (χ2v) is 10.6. The van der Waals surface area contributed by atoms with Crippen LogP contribution in [0.1, 0.15) is 35.0 Å². The number of sulfonamides is 1. The number of hydrogen-bond donors (Lipinski definition) is 2. The molecule has 0 atom stereocenters. The average molecular weight is 533 g/mol. The van der Waals surface area contributed by atoms with Crippen LogP contribution >= 0.6 is 0 Å². The van der Waals surface area contributed by atoms with Gasteiger partial charge in [0, 0.05) is 6.92 Å². The number of nitrogens with one attached hydrogen (secondary N) is 1. The number of aromatic nitrogens is 2. The first kappa shape index (κ1) is 28.3. The number of carbonyl (C=O) groups excluding carboxylic acids is 2. The highest BCUT2D eigenvalue weighted by atomic mass is 32.2. The van der Waals surface area contributed by atoms with E-state index in [1.165, 1.54) is 18.6 Å². The maximum atomic E-state index is 13.0. The predicted molar refractivity (Wildman–Crippen MR) is 147 cm³/mol. The summed E-state index contributed by atoms with van der Waals surface area (Å²) >= 11 is 0. The Morgan fingerprint density at radius 2 is 1.50 bits per heavy atom. The summed E-state index contributed by atoms with van der Waals surface area (Å²) in [5.41, 5.74) is 9.79. The number of benzene rings is 3. The molecule has 0 spiro atoms. The molecule has 0 saturated heterocycles. The van der Waals surface area contributed by atoms with Gasteiger partial charge >= 0.3 is 0 Å². The highest BCUT2D eigenvalue weighted by molar-refractivity contribution is 7.90. The number of carbonyl (C=O) groups is 2. The maximum Gasteiger partial charge on any atom is 0.264 e. The molecule has 0 bridgehead atoms. The molecule has 0 aliphatic rings. The minimum absolute atomic E-state index is 0.0854. The van der Waals surface area contributed by atoms with Gasteiger partial charge in [-0.25, -0.2) is 17.8 Å². The van der Waals surface area contributed by atoms with Crippen LogP contribution < -0.4 is 10.5 Å². The smallest absolute Gasteiger partial charge is 0.264 e. The fourth-order valence-corrected chi connectivity index (χ4v) is 4.92. The Labute approximate surface area is 223 Å². The molecule has 38 heavy (non-hydrogen) atoms. The molecule has 0 aliphatic carbocycles. The van der Waals surface area contributed by atoms with Crippen LogP contribution in [0.3, 0.4) is 0 Å². The summed E-state index contributed by atoms with van der Waals surface area (Å²) in [7, 11) is -4.00. The molecule has 0 aliphatic heterocycles. The second kappa shape index (κ2) is 12.8. The van der Waals surface area contributed by atoms with Gasteiger partial charge in [-0.3, -0.25) is 9.59 Å². The number of rotatable bonds is 8. The Kier molecular flexibility index (Phi) is 9.56. The third kappa shape index (κ3) is 8.14. The fourth-order valence-electron chi connectivity index (χ4n) is 3.89. The monoisotopic (exact) mass is 532 g/mol. The predicted octanol–water partition coefficient (Wildman–Crippen LogP) is 3.81. The van der Waals surface area contributed by atoms with Crippen molar-refractivity contribution in [3.63, 3.8) is 0 Å². The van der Waals surface area contributed by atoms with Gasteiger partial charge in [0.1, 0.15) is 0 Å². The van der Waals surface area contributed by atoms with Crippen LogP contribution in [-0.2, 0) is 38.9 Å². The van der Waals surface area contributed by atoms with E-state index >= 15 is 0 Å². The molecule has 0 unspecified atom stereocenters. The van der Waals surface area contributed by atoms with E-state index in [4.69, 9.17) is 0 Å². The van der Waals surface area contributed by atoms with E-state index in [0.29, 0.717) is 12.1 Å². The van der Waals surface area contributed by atoms with Crippen LogP contribution in [0.2, 0.25) is 0 Å². The van der Waals surface area contributed by atoms with Crippen LogP contribution in [0.5, 0.6) is 0 Å². The lowest BCUT2D eigenvalue weighted by molar-refractivity contribution is -0.119. The first-order valence-corrected chi connectivity index (χ1v) is 13.6. The van der Waals surface area contributed by atoms with Crippen molar-refractivity contribution in [3.05, 3.63) is 113 Å². The van der Waals surface area contributed by atoms with Crippen molar-refractivity contribution in [1.29, 1.82) is 0 Å². The number of nitrogens with two attached hydrogens (primary N) is 1. The van der Waals surface area contributed by atoms with Gasteiger partial charge in [0.25, 0.3) is 10.0 Å². The number of nitrogens with zero attached hydrogens (tertiary/aromatic N) is 2. The highest BCUT2D eigenvalue weighted by Crippen LogP contribution is 2.19. The van der Waals surface area contributed by atoms with E-state index < -0.39 is 15.9 Å². The zero-order chi connectivity index (χ0) is 27.7. The summed E-state index contributed by atoms with van der Waals surface area (Å²) < 4.78 is 29.8. The zero-order valence-electron chi connectivity index (χ0n) is 21.7. The zero-order valence-corrected chi connectivity index (χ0v) is 22.5. The summed E-state index contributed by atoms with van der Waals surface area (Å²) in [4.78, 5) is 22.0. The number of amides is 2. The number of hydrogen-bond acceptors (Lipinski definition) is 5. The number of para-hydroxylation sites is 1. The molecule has 4 rings (SSSR count). The van der Waals surface area contributed by atoms with Crippen molar-refractivity contribution >= 4 is 21.8 Å². The first-order valence-electron chi connectivity index (χ1n) is 12.1. The van der Waals surface area contributed by atoms with Crippen LogP contribution in [0.25, 0.3) is 5.69 Å². The van der Waals surface area contributed by atoms with Crippen molar-refractivity contribution < 1.29 is 18.0 Å². The van der Waals surface area contributed by atoms with Crippen LogP contribution in [0, 0.1) is 13.8 Å². The Morgan fingerprint density at radius 3 is 2.13 bits per heavy atom. The van der Waals surface area contributed by atoms with Crippen molar-refractivity contribution in [2.75, 3.05) is 0 Å². The summed E-state index contributed by atoms with van der Waals surface area (Å²) in [5.74, 6) is -0.941. The topological polar surface area (TPSA) is 124 Å². The van der Waals surface area contributed by atoms with Gasteiger partial charge in [-0.05, 0) is 73.7 Å². The van der Waals surface area contributed by atoms with E-state index in [9.17, 15) is 18.0 Å². The third-order valence-electron chi connectivity index (χ3n) is 5.65. The Bertz CT molecular complexity index is 1490. The first-order chi connectivity index (χ1) is 18.0. The van der Waals surface area contributed by atoms with Crippen molar-refractivity contribution in [3.8, 4) is 5.69 Å². The SMILES string of the molecule is CC(N)=O.Cc1cc(CC(=O)NS(=O)(=O)c2ccc(C)c(CCc3ccccc3)c2)n(-c2ccccc2)n1. The van der Waals surface area contributed by atoms with Gasteiger partial charge in [0.15, 0.2) is 0 Å². The Morgan fingerprint density at radius 1 is 0.895 bits per heavy atom. The summed E-state index contributed by atoms with van der Waals surface area (Å²) in [6, 6.07) is 26.3. The molecule has 9 heteroatoms. The van der Waals surface area contributed by atoms with E-state index in [2.05, 4.69) is 27.7 Å². The molecule has 8 nitrogen and oxygen atoms in total. The molecule has 0 saturated carbocycles. The summed E-state index contributed by atoms with van der Waals surface area (Å²) in [6.45, 7) is 5.10. The molecule has 198 valence electrons. The molecular formula is C29H32N4O4S. The lowest BCUT2D eigenvalue weighted by Gasteiger charge is -2.12. The van der Waals surface area contributed by atoms with E-state index in [1.807, 2.05) is 62.4 Å². The Hall–Kier alpha value is -4.24. The maximum absolute atomic E-state index is 13.0. The van der Waals surface area contributed by atoms with E-state index in [1.54, 1.807) is 22.9 Å². The third-order valence-corrected chi connectivity index (χ3v) is 7.02. The van der Waals surface area contributed by atoms with Gasteiger partial charge in [-0.1, -0.05) is 54.6 Å². The lowest BCUT2D eigenvalue weighted by atomic mass is 10.0. The van der Waals surface area contributed by atoms with Crippen LogP contribution in [0.15, 0.2) is 89.8 Å². The number of aryl methyl sites for hydroxylation is 4. The van der Waals surface area contributed by atoms with Gasteiger partial charge in [-0.15, -0.1) is 0 Å². The van der Waals surface area contributed by atoms with Gasteiger partial charge in [-0.2, -0.15) is 5.10 Å². The van der Waals surface area contributed by atoms with Crippen molar-refractivity contribution in [2.24, 2.45) is 5.73 Å². The van der Waals surface area contributed by atoms with Crippen LogP contribution in [-0.4, -0.2) is 30.0 Å². The minimum atomic E-state index is -4.00. The minimum Gasteiger partial charge on any atom is -0.370 e. The quantitative estimate of drug-likeness (QED) is 0.357. The largest absolute Gasteiger partial charge is 0.370 e. The molecule has 0 fully saturated rings. The van der Waals surface area contributed by atoms with Crippen LogP contribution in [0.4, 0.5) is 0 Å². The molecule has 0 radical (unpaired) electrons. The fraction of sp³-hybridized carbons (Fsp3) is 0.207. The van der Waals surface area contributed by atoms with E-state index in [0.717, 1.165) is 28.9 Å². The lowest BCUT2D eigenvalue weighted by Crippen LogP contribution is -2.32. The van der Waals surface area contributed by atoms with Gasteiger partial charge in [0.05, 0.1) is 28.4 Å². The number of primary amides is 1. The molecule has 3 N–H and O–H groups in total. The van der Waals surface area contributed by atoms with Crippen molar-refractivity contribution in [1.82, 2.24) is 14.5 Å². The van der Waals surface area contributed by atoms with Gasteiger partial charge in [0.2, 0.25) is 11.8 Å². The van der Waals surface area contributed by atoms with E-state index in [-0.39, 0.29) is 17.2 Å². The van der Waals surface area contributed by atoms with Gasteiger partial charge < -0.3 is 5.73 Å². The molecule has 3 aromatic carbocycles. The molecule has 2 amide bonds. The second-order valence-electron chi connectivity index (χ2n) is 8.91. The standard InChI is InChI=1S/C27H27N3O3S.C2H5NO/c1-20-13-16-26(18-23(20)15-14-22-9-5-3-6-10-22)34(32,33)29-27(31)19-25-17-21(2)28-30(25)24-11-7-4-8-12-24;1-2(3)4/h3-13,16-18H,14-15,19H2,1-2H3,(H,29,31);1H3,(H2,3,4).